The minimum absolute atomic E-state index is 0.00589. The second-order valence-corrected chi connectivity index (χ2v) is 6.86. The van der Waals surface area contributed by atoms with Crippen molar-refractivity contribution in [1.82, 2.24) is 15.1 Å². The van der Waals surface area contributed by atoms with Crippen LogP contribution in [0.25, 0.3) is 22.3 Å². The smallest absolute Gasteiger partial charge is 0.372 e. The first-order valence-corrected chi connectivity index (χ1v) is 9.09. The molecular formula is C21H18F3N3O2. The fourth-order valence-electron chi connectivity index (χ4n) is 3.84. The maximum Gasteiger partial charge on any atom is 0.425 e. The molecule has 4 rings (SSSR count). The Morgan fingerprint density at radius 3 is 2.55 bits per heavy atom. The first kappa shape index (κ1) is 19.2. The van der Waals surface area contributed by atoms with Gasteiger partial charge in [0.05, 0.1) is 6.20 Å². The number of nitrogens with zero attached hydrogens (tertiary/aromatic N) is 2. The molecule has 1 unspecified atom stereocenters. The Kier molecular flexibility index (Phi) is 4.46. The second-order valence-electron chi connectivity index (χ2n) is 6.86. The predicted molar refractivity (Wildman–Crippen MR) is 101 cm³/mol. The van der Waals surface area contributed by atoms with Crippen LogP contribution in [0.4, 0.5) is 13.2 Å². The Morgan fingerprint density at radius 1 is 1.14 bits per heavy atom. The molecule has 1 aliphatic carbocycles. The Morgan fingerprint density at radius 2 is 1.83 bits per heavy atom. The average molecular weight is 401 g/mol. The van der Waals surface area contributed by atoms with Crippen LogP contribution in [0.3, 0.4) is 0 Å². The molecule has 1 aromatic heterocycles. The summed E-state index contributed by atoms with van der Waals surface area (Å²) in [5.41, 5.74) is -1.75. The van der Waals surface area contributed by atoms with Crippen molar-refractivity contribution in [3.63, 3.8) is 0 Å². The van der Waals surface area contributed by atoms with Crippen molar-refractivity contribution in [1.29, 1.82) is 0 Å². The maximum absolute atomic E-state index is 13.9. The maximum atomic E-state index is 13.9. The molecule has 1 atom stereocenters. The zero-order chi connectivity index (χ0) is 20.8. The van der Waals surface area contributed by atoms with E-state index in [0.29, 0.717) is 28.8 Å². The van der Waals surface area contributed by atoms with Crippen LogP contribution >= 0.6 is 0 Å². The summed E-state index contributed by atoms with van der Waals surface area (Å²) in [4.78, 5) is 11.8. The topological polar surface area (TPSA) is 67.2 Å². The summed E-state index contributed by atoms with van der Waals surface area (Å²) in [5.74, 6) is -0.211. The largest absolute Gasteiger partial charge is 0.425 e. The van der Waals surface area contributed by atoms with E-state index in [2.05, 4.69) is 10.4 Å². The van der Waals surface area contributed by atoms with Crippen LogP contribution < -0.4 is 5.32 Å². The molecule has 0 aliphatic heterocycles. The molecule has 150 valence electrons. The van der Waals surface area contributed by atoms with E-state index in [9.17, 15) is 23.1 Å². The van der Waals surface area contributed by atoms with Gasteiger partial charge in [-0.3, -0.25) is 9.48 Å². The molecule has 5 nitrogen and oxygen atoms in total. The molecule has 0 spiro atoms. The zero-order valence-corrected chi connectivity index (χ0v) is 15.5. The number of fused-ring (bicyclic) bond motifs is 3. The molecule has 3 aromatic rings. The summed E-state index contributed by atoms with van der Waals surface area (Å²) in [5, 5.41) is 17.6. The average Bonchev–Trinajstić information content (AvgIpc) is 3.24. The van der Waals surface area contributed by atoms with Crippen molar-refractivity contribution in [3.8, 4) is 22.3 Å². The Hall–Kier alpha value is -3.13. The standard InChI is InChI=1S/C21H18F3N3O2/c1-2-25-18(28)12-27-11-13(10-26-27)14-7-5-9-17-19(14)15-6-3-4-8-16(15)20(17,29)21(22,23)24/h3-11,29H,2,12H2,1H3,(H,25,28). The summed E-state index contributed by atoms with van der Waals surface area (Å²) in [6.07, 6.45) is -1.77. The fraction of sp³-hybridized carbons (Fsp3) is 0.238. The number of benzene rings is 2. The van der Waals surface area contributed by atoms with Gasteiger partial charge in [-0.2, -0.15) is 18.3 Å². The number of nitrogens with one attached hydrogen (secondary N) is 1. The summed E-state index contributed by atoms with van der Waals surface area (Å²) in [7, 11) is 0. The van der Waals surface area contributed by atoms with Crippen molar-refractivity contribution in [2.45, 2.75) is 25.2 Å². The molecule has 0 fully saturated rings. The number of hydrogen-bond donors (Lipinski definition) is 2. The van der Waals surface area contributed by atoms with Gasteiger partial charge in [-0.05, 0) is 23.6 Å². The third kappa shape index (κ3) is 2.91. The first-order chi connectivity index (χ1) is 13.8. The Bertz CT molecular complexity index is 1090. The fourth-order valence-corrected chi connectivity index (χ4v) is 3.84. The van der Waals surface area contributed by atoms with Crippen LogP contribution in [0.1, 0.15) is 18.1 Å². The molecule has 0 bridgehead atoms. The van der Waals surface area contributed by atoms with E-state index in [1.165, 1.54) is 35.1 Å². The van der Waals surface area contributed by atoms with Gasteiger partial charge in [0.1, 0.15) is 6.54 Å². The number of amides is 1. The first-order valence-electron chi connectivity index (χ1n) is 9.09. The van der Waals surface area contributed by atoms with Gasteiger partial charge in [-0.15, -0.1) is 0 Å². The van der Waals surface area contributed by atoms with E-state index in [4.69, 9.17) is 0 Å². The number of rotatable bonds is 4. The quantitative estimate of drug-likeness (QED) is 0.704. The summed E-state index contributed by atoms with van der Waals surface area (Å²) in [6, 6.07) is 10.5. The van der Waals surface area contributed by atoms with Gasteiger partial charge in [0.15, 0.2) is 0 Å². The normalized spacial score (nSPS) is 17.7. The summed E-state index contributed by atoms with van der Waals surface area (Å²) < 4.78 is 43.3. The summed E-state index contributed by atoms with van der Waals surface area (Å²) in [6.45, 7) is 2.30. The summed E-state index contributed by atoms with van der Waals surface area (Å²) >= 11 is 0. The van der Waals surface area contributed by atoms with Gasteiger partial charge in [0.25, 0.3) is 0 Å². The van der Waals surface area contributed by atoms with E-state index >= 15 is 0 Å². The van der Waals surface area contributed by atoms with Crippen molar-refractivity contribution in [3.05, 3.63) is 66.0 Å². The van der Waals surface area contributed by atoms with Crippen LogP contribution in [0, 0.1) is 0 Å². The van der Waals surface area contributed by atoms with E-state index in [1.807, 2.05) is 0 Å². The molecule has 1 aliphatic rings. The van der Waals surface area contributed by atoms with Crippen LogP contribution in [-0.4, -0.2) is 33.5 Å². The van der Waals surface area contributed by atoms with Crippen molar-refractivity contribution in [2.24, 2.45) is 0 Å². The van der Waals surface area contributed by atoms with Gasteiger partial charge < -0.3 is 10.4 Å². The minimum Gasteiger partial charge on any atom is -0.372 e. The van der Waals surface area contributed by atoms with Gasteiger partial charge in [0.2, 0.25) is 11.5 Å². The predicted octanol–water partition coefficient (Wildman–Crippen LogP) is 3.46. The minimum atomic E-state index is -4.88. The molecule has 0 saturated carbocycles. The third-order valence-electron chi connectivity index (χ3n) is 5.07. The van der Waals surface area contributed by atoms with Crippen LogP contribution in [0.5, 0.6) is 0 Å². The number of alkyl halides is 3. The molecule has 2 aromatic carbocycles. The van der Waals surface area contributed by atoms with Crippen molar-refractivity contribution >= 4 is 5.91 Å². The molecule has 29 heavy (non-hydrogen) atoms. The van der Waals surface area contributed by atoms with Gasteiger partial charge in [-0.1, -0.05) is 42.5 Å². The number of hydrogen-bond acceptors (Lipinski definition) is 3. The number of halogens is 3. The molecule has 1 heterocycles. The Labute approximate surface area is 164 Å². The van der Waals surface area contributed by atoms with Crippen LogP contribution in [0.2, 0.25) is 0 Å². The van der Waals surface area contributed by atoms with Crippen molar-refractivity contribution in [2.75, 3.05) is 6.54 Å². The monoisotopic (exact) mass is 401 g/mol. The van der Waals surface area contributed by atoms with Gasteiger partial charge in [0, 0.05) is 29.4 Å². The van der Waals surface area contributed by atoms with E-state index in [-0.39, 0.29) is 23.6 Å². The lowest BCUT2D eigenvalue weighted by molar-refractivity contribution is -0.246. The highest BCUT2D eigenvalue weighted by Crippen LogP contribution is 2.56. The Balaban J connectivity index is 1.86. The van der Waals surface area contributed by atoms with E-state index in [1.54, 1.807) is 31.3 Å². The lowest BCUT2D eigenvalue weighted by atomic mass is 9.89. The lowest BCUT2D eigenvalue weighted by Gasteiger charge is -2.28. The lowest BCUT2D eigenvalue weighted by Crippen LogP contribution is -2.41. The SMILES string of the molecule is CCNC(=O)Cn1cc(-c2cccc3c2-c2ccccc2C3(O)C(F)(F)F)cn1. The molecule has 2 N–H and O–H groups in total. The molecule has 1 amide bonds. The van der Waals surface area contributed by atoms with E-state index < -0.39 is 11.8 Å². The third-order valence-corrected chi connectivity index (χ3v) is 5.07. The second kappa shape index (κ2) is 6.73. The van der Waals surface area contributed by atoms with Gasteiger partial charge in [-0.25, -0.2) is 0 Å². The number of carbonyl (C=O) groups is 1. The van der Waals surface area contributed by atoms with Gasteiger partial charge >= 0.3 is 6.18 Å². The highest BCUT2D eigenvalue weighted by atomic mass is 19.4. The number of likely N-dealkylation sites (N-methyl/N-ethyl adjacent to an activating group) is 1. The highest BCUT2D eigenvalue weighted by molar-refractivity contribution is 5.92. The molecular weight excluding hydrogens is 383 g/mol. The van der Waals surface area contributed by atoms with Crippen molar-refractivity contribution < 1.29 is 23.1 Å². The zero-order valence-electron chi connectivity index (χ0n) is 15.5. The molecule has 8 heteroatoms. The molecule has 0 saturated heterocycles. The number of aromatic nitrogens is 2. The van der Waals surface area contributed by atoms with Crippen LogP contribution in [-0.2, 0) is 16.9 Å². The number of aliphatic hydroxyl groups is 1. The highest BCUT2D eigenvalue weighted by Gasteiger charge is 2.61. The van der Waals surface area contributed by atoms with E-state index in [0.717, 1.165) is 0 Å². The number of carbonyl (C=O) groups excluding carboxylic acids is 1. The molecule has 0 radical (unpaired) electrons. The van der Waals surface area contributed by atoms with Crippen LogP contribution in [0.15, 0.2) is 54.9 Å².